The van der Waals surface area contributed by atoms with Crippen LogP contribution in [0.25, 0.3) is 10.2 Å². The first kappa shape index (κ1) is 15.1. The fourth-order valence-corrected chi connectivity index (χ4v) is 3.71. The Labute approximate surface area is 136 Å². The van der Waals surface area contributed by atoms with E-state index < -0.39 is 0 Å². The van der Waals surface area contributed by atoms with Crippen LogP contribution in [-0.4, -0.2) is 26.5 Å². The van der Waals surface area contributed by atoms with Crippen LogP contribution in [0.2, 0.25) is 0 Å². The first-order valence-electron chi connectivity index (χ1n) is 6.88. The smallest absolute Gasteiger partial charge is 0.300 e. The summed E-state index contributed by atoms with van der Waals surface area (Å²) >= 11 is 3.22. The molecule has 0 N–H and O–H groups in total. The number of thioether (sulfide) groups is 1. The fourth-order valence-electron chi connectivity index (χ4n) is 2.14. The van der Waals surface area contributed by atoms with E-state index in [1.165, 1.54) is 16.2 Å². The van der Waals surface area contributed by atoms with Gasteiger partial charge in [-0.2, -0.15) is 10.1 Å². The number of aromatic nitrogens is 3. The monoisotopic (exact) mass is 332 g/mol. The van der Waals surface area contributed by atoms with Gasteiger partial charge in [-0.1, -0.05) is 11.3 Å². The number of thiazole rings is 1. The van der Waals surface area contributed by atoms with Crippen LogP contribution < -0.4 is 4.80 Å². The molecule has 2 aromatic heterocycles. The minimum absolute atomic E-state index is 0.306. The number of rotatable bonds is 3. The Morgan fingerprint density at radius 1 is 1.41 bits per heavy atom. The van der Waals surface area contributed by atoms with E-state index in [0.717, 1.165) is 16.8 Å². The van der Waals surface area contributed by atoms with Crippen LogP contribution in [-0.2, 0) is 13.6 Å². The predicted octanol–water partition coefficient (Wildman–Crippen LogP) is 2.92. The zero-order valence-electron chi connectivity index (χ0n) is 12.6. The lowest BCUT2D eigenvalue weighted by Gasteiger charge is -1.97. The van der Waals surface area contributed by atoms with Crippen molar-refractivity contribution in [1.29, 1.82) is 0 Å². The molecular formula is C15H16N4OS2. The molecule has 0 atom stereocenters. The summed E-state index contributed by atoms with van der Waals surface area (Å²) in [4.78, 5) is 18.4. The normalized spacial score (nSPS) is 12.2. The highest BCUT2D eigenvalue weighted by Gasteiger charge is 2.10. The molecule has 0 aliphatic rings. The van der Waals surface area contributed by atoms with Crippen molar-refractivity contribution in [3.05, 3.63) is 41.0 Å². The van der Waals surface area contributed by atoms with Crippen LogP contribution in [0.15, 0.2) is 40.4 Å². The number of carbonyl (C=O) groups is 1. The molecule has 0 unspecified atom stereocenters. The largest absolute Gasteiger partial charge is 0.319 e. The van der Waals surface area contributed by atoms with Crippen molar-refractivity contribution < 1.29 is 4.79 Å². The van der Waals surface area contributed by atoms with Gasteiger partial charge in [-0.15, -0.1) is 11.8 Å². The lowest BCUT2D eigenvalue weighted by molar-refractivity contribution is 0.0992. The lowest BCUT2D eigenvalue weighted by atomic mass is 10.3. The van der Waals surface area contributed by atoms with Gasteiger partial charge in [-0.25, -0.2) is 0 Å². The van der Waals surface area contributed by atoms with Crippen LogP contribution >= 0.6 is 23.1 Å². The van der Waals surface area contributed by atoms with Gasteiger partial charge in [0.2, 0.25) is 0 Å². The van der Waals surface area contributed by atoms with Crippen molar-refractivity contribution in [2.45, 2.75) is 18.4 Å². The first-order valence-corrected chi connectivity index (χ1v) is 8.92. The summed E-state index contributed by atoms with van der Waals surface area (Å²) in [7, 11) is 1.92. The first-order chi connectivity index (χ1) is 10.6. The molecular weight excluding hydrogens is 316 g/mol. The van der Waals surface area contributed by atoms with Gasteiger partial charge in [0.15, 0.2) is 10.5 Å². The van der Waals surface area contributed by atoms with Crippen LogP contribution in [0.1, 0.15) is 17.4 Å². The van der Waals surface area contributed by atoms with Crippen LogP contribution in [0, 0.1) is 0 Å². The fraction of sp³-hybridized carbons (Fsp3) is 0.267. The van der Waals surface area contributed by atoms with Crippen molar-refractivity contribution in [2.24, 2.45) is 12.0 Å². The SMILES string of the molecule is CCn1ccc(C(=O)N=c2sc3cc(SC)ccc3n2C)n1. The molecule has 0 radical (unpaired) electrons. The van der Waals surface area contributed by atoms with Crippen molar-refractivity contribution in [3.8, 4) is 0 Å². The highest BCUT2D eigenvalue weighted by molar-refractivity contribution is 7.98. The van der Waals surface area contributed by atoms with E-state index in [0.29, 0.717) is 10.5 Å². The standard InChI is InChI=1S/C15H16N4OS2/c1-4-19-8-7-11(17-19)14(20)16-15-18(2)12-6-5-10(21-3)9-13(12)22-15/h5-9H,4H2,1-3H3. The second kappa shape index (κ2) is 6.10. The highest BCUT2D eigenvalue weighted by Crippen LogP contribution is 2.23. The van der Waals surface area contributed by atoms with Crippen LogP contribution in [0.4, 0.5) is 0 Å². The Morgan fingerprint density at radius 2 is 2.23 bits per heavy atom. The van der Waals surface area contributed by atoms with E-state index in [9.17, 15) is 4.79 Å². The molecule has 0 saturated heterocycles. The quantitative estimate of drug-likeness (QED) is 0.693. The molecule has 1 aromatic carbocycles. The maximum Gasteiger partial charge on any atom is 0.300 e. The number of nitrogens with zero attached hydrogens (tertiary/aromatic N) is 4. The summed E-state index contributed by atoms with van der Waals surface area (Å²) in [5.74, 6) is -0.306. The van der Waals surface area contributed by atoms with Gasteiger partial charge < -0.3 is 4.57 Å². The van der Waals surface area contributed by atoms with Crippen molar-refractivity contribution in [2.75, 3.05) is 6.26 Å². The lowest BCUT2D eigenvalue weighted by Crippen LogP contribution is -2.13. The number of aryl methyl sites for hydroxylation is 2. The second-order valence-electron chi connectivity index (χ2n) is 4.75. The molecule has 0 saturated carbocycles. The minimum atomic E-state index is -0.306. The number of hydrogen-bond acceptors (Lipinski definition) is 4. The van der Waals surface area contributed by atoms with E-state index in [1.807, 2.05) is 24.8 Å². The maximum absolute atomic E-state index is 12.2. The maximum atomic E-state index is 12.2. The Balaban J connectivity index is 2.04. The molecule has 3 rings (SSSR count). The van der Waals surface area contributed by atoms with Crippen molar-refractivity contribution in [1.82, 2.24) is 14.3 Å². The summed E-state index contributed by atoms with van der Waals surface area (Å²) in [6, 6.07) is 7.97. The molecule has 114 valence electrons. The molecule has 0 spiro atoms. The third-order valence-electron chi connectivity index (χ3n) is 3.40. The number of benzene rings is 1. The zero-order chi connectivity index (χ0) is 15.7. The minimum Gasteiger partial charge on any atom is -0.319 e. The van der Waals surface area contributed by atoms with Gasteiger partial charge in [-0.05, 0) is 37.4 Å². The van der Waals surface area contributed by atoms with E-state index in [4.69, 9.17) is 0 Å². The average molecular weight is 332 g/mol. The van der Waals surface area contributed by atoms with Gasteiger partial charge in [0, 0.05) is 24.7 Å². The summed E-state index contributed by atoms with van der Waals surface area (Å²) in [6.45, 7) is 2.72. The van der Waals surface area contributed by atoms with Gasteiger partial charge in [0.05, 0.1) is 10.2 Å². The molecule has 3 aromatic rings. The summed E-state index contributed by atoms with van der Waals surface area (Å²) < 4.78 is 4.79. The van der Waals surface area contributed by atoms with Crippen molar-refractivity contribution >= 4 is 39.2 Å². The predicted molar refractivity (Wildman–Crippen MR) is 90.4 cm³/mol. The molecule has 1 amide bonds. The zero-order valence-corrected chi connectivity index (χ0v) is 14.2. The highest BCUT2D eigenvalue weighted by atomic mass is 32.2. The third kappa shape index (κ3) is 2.74. The molecule has 0 aliphatic heterocycles. The number of carbonyl (C=O) groups excluding carboxylic acids is 1. The molecule has 5 nitrogen and oxygen atoms in total. The number of amides is 1. The third-order valence-corrected chi connectivity index (χ3v) is 5.22. The van der Waals surface area contributed by atoms with Crippen molar-refractivity contribution in [3.63, 3.8) is 0 Å². The Bertz CT molecular complexity index is 904. The van der Waals surface area contributed by atoms with E-state index in [1.54, 1.807) is 28.7 Å². The molecule has 22 heavy (non-hydrogen) atoms. The summed E-state index contributed by atoms with van der Waals surface area (Å²) in [5, 5.41) is 4.20. The molecule has 0 aliphatic carbocycles. The van der Waals surface area contributed by atoms with Gasteiger partial charge in [-0.3, -0.25) is 9.48 Å². The summed E-state index contributed by atoms with van der Waals surface area (Å²) in [6.07, 6.45) is 3.84. The molecule has 0 fully saturated rings. The average Bonchev–Trinajstić information content (AvgIpc) is 3.12. The van der Waals surface area contributed by atoms with Gasteiger partial charge in [0.25, 0.3) is 5.91 Å². The van der Waals surface area contributed by atoms with E-state index in [2.05, 4.69) is 28.3 Å². The number of hydrogen-bond donors (Lipinski definition) is 0. The Hall–Kier alpha value is -1.86. The van der Waals surface area contributed by atoms with E-state index >= 15 is 0 Å². The second-order valence-corrected chi connectivity index (χ2v) is 6.64. The summed E-state index contributed by atoms with van der Waals surface area (Å²) in [5.41, 5.74) is 1.46. The van der Waals surface area contributed by atoms with Crippen LogP contribution in [0.5, 0.6) is 0 Å². The molecule has 0 bridgehead atoms. The van der Waals surface area contributed by atoms with Gasteiger partial charge >= 0.3 is 0 Å². The van der Waals surface area contributed by atoms with E-state index in [-0.39, 0.29) is 5.91 Å². The number of fused-ring (bicyclic) bond motifs is 1. The Kier molecular flexibility index (Phi) is 4.17. The van der Waals surface area contributed by atoms with Gasteiger partial charge in [0.1, 0.15) is 0 Å². The topological polar surface area (TPSA) is 52.2 Å². The van der Waals surface area contributed by atoms with Crippen LogP contribution in [0.3, 0.4) is 0 Å². The Morgan fingerprint density at radius 3 is 2.91 bits per heavy atom. The molecule has 7 heteroatoms. The molecule has 2 heterocycles.